The number of carbonyl (C=O) groups is 1. The first-order valence-electron chi connectivity index (χ1n) is 10.9. The van der Waals surface area contributed by atoms with Crippen molar-refractivity contribution in [2.75, 3.05) is 32.4 Å². The summed E-state index contributed by atoms with van der Waals surface area (Å²) in [6.07, 6.45) is 5.41. The molecule has 1 aliphatic heterocycles. The Morgan fingerprint density at radius 3 is 2.48 bits per heavy atom. The molecular formula is C20H42IN5O4S. The minimum atomic E-state index is -3.22. The molecule has 0 aromatic rings. The van der Waals surface area contributed by atoms with Crippen LogP contribution >= 0.6 is 24.0 Å². The summed E-state index contributed by atoms with van der Waals surface area (Å²) in [5, 5.41) is 9.43. The van der Waals surface area contributed by atoms with Crippen LogP contribution in [0.4, 0.5) is 4.79 Å². The third kappa shape index (κ3) is 12.7. The molecule has 2 atom stereocenters. The summed E-state index contributed by atoms with van der Waals surface area (Å²) in [6, 6.07) is -0.116. The number of hydrogen-bond donors (Lipinski definition) is 3. The molecule has 1 amide bonds. The Hall–Kier alpha value is -0.820. The molecule has 1 unspecified atom stereocenters. The average Bonchev–Trinajstić information content (AvgIpc) is 3.09. The van der Waals surface area contributed by atoms with Crippen molar-refractivity contribution in [2.24, 2.45) is 4.99 Å². The minimum absolute atomic E-state index is 0. The number of hydrogen-bond acceptors (Lipinski definition) is 5. The Labute approximate surface area is 205 Å². The van der Waals surface area contributed by atoms with E-state index in [2.05, 4.69) is 27.9 Å². The average molecular weight is 576 g/mol. The number of sulfonamides is 1. The smallest absolute Gasteiger partial charge is 0.407 e. The van der Waals surface area contributed by atoms with Crippen LogP contribution in [0.1, 0.15) is 66.7 Å². The lowest BCUT2D eigenvalue weighted by molar-refractivity contribution is 0.0522. The second-order valence-corrected chi connectivity index (χ2v) is 10.7. The van der Waals surface area contributed by atoms with Crippen LogP contribution in [-0.2, 0) is 14.8 Å². The van der Waals surface area contributed by atoms with Crippen molar-refractivity contribution in [2.45, 2.75) is 84.4 Å². The molecule has 1 saturated heterocycles. The predicted octanol–water partition coefficient (Wildman–Crippen LogP) is 2.67. The third-order valence-corrected chi connectivity index (χ3v) is 6.02. The topological polar surface area (TPSA) is 112 Å². The van der Waals surface area contributed by atoms with E-state index in [9.17, 15) is 13.2 Å². The van der Waals surface area contributed by atoms with E-state index in [-0.39, 0.29) is 36.1 Å². The van der Waals surface area contributed by atoms with Gasteiger partial charge in [0.2, 0.25) is 10.0 Å². The number of rotatable bonds is 10. The highest BCUT2D eigenvalue weighted by atomic mass is 127. The van der Waals surface area contributed by atoms with Crippen LogP contribution in [0, 0.1) is 0 Å². The molecule has 0 spiro atoms. The molecule has 11 heteroatoms. The quantitative estimate of drug-likeness (QED) is 0.210. The molecule has 31 heavy (non-hydrogen) atoms. The first-order valence-corrected chi connectivity index (χ1v) is 12.8. The van der Waals surface area contributed by atoms with Crippen LogP contribution in [0.5, 0.6) is 0 Å². The summed E-state index contributed by atoms with van der Waals surface area (Å²) in [5.41, 5.74) is -0.542. The van der Waals surface area contributed by atoms with E-state index >= 15 is 0 Å². The van der Waals surface area contributed by atoms with Crippen molar-refractivity contribution >= 4 is 46.1 Å². The van der Waals surface area contributed by atoms with Gasteiger partial charge in [0.1, 0.15) is 5.60 Å². The summed E-state index contributed by atoms with van der Waals surface area (Å²) in [7, 11) is -3.22. The fourth-order valence-corrected chi connectivity index (χ4v) is 4.51. The van der Waals surface area contributed by atoms with Crippen molar-refractivity contribution < 1.29 is 17.9 Å². The zero-order valence-electron chi connectivity index (χ0n) is 19.9. The number of guanidine groups is 1. The highest BCUT2D eigenvalue weighted by Crippen LogP contribution is 2.20. The maximum atomic E-state index is 12.0. The lowest BCUT2D eigenvalue weighted by Crippen LogP contribution is -2.49. The van der Waals surface area contributed by atoms with Gasteiger partial charge in [-0.1, -0.05) is 19.8 Å². The molecule has 0 aromatic carbocycles. The third-order valence-electron chi connectivity index (χ3n) is 4.69. The Kier molecular flexibility index (Phi) is 14.0. The van der Waals surface area contributed by atoms with E-state index in [1.807, 2.05) is 27.7 Å². The van der Waals surface area contributed by atoms with Gasteiger partial charge in [-0.2, -0.15) is 4.31 Å². The van der Waals surface area contributed by atoms with Gasteiger partial charge in [-0.05, 0) is 47.0 Å². The highest BCUT2D eigenvalue weighted by molar-refractivity contribution is 14.0. The van der Waals surface area contributed by atoms with E-state index in [1.165, 1.54) is 6.26 Å². The van der Waals surface area contributed by atoms with Crippen molar-refractivity contribution in [3.05, 3.63) is 0 Å². The summed E-state index contributed by atoms with van der Waals surface area (Å²) in [6.45, 7) is 11.7. The maximum Gasteiger partial charge on any atom is 0.407 e. The fraction of sp³-hybridized carbons (Fsp3) is 0.900. The summed E-state index contributed by atoms with van der Waals surface area (Å²) < 4.78 is 30.8. The van der Waals surface area contributed by atoms with Gasteiger partial charge in [0, 0.05) is 31.7 Å². The number of nitrogens with one attached hydrogen (secondary N) is 3. The summed E-state index contributed by atoms with van der Waals surface area (Å²) in [5.74, 6) is 0.630. The Morgan fingerprint density at radius 1 is 1.26 bits per heavy atom. The number of ether oxygens (including phenoxy) is 1. The molecule has 0 bridgehead atoms. The molecule has 0 radical (unpaired) electrons. The highest BCUT2D eigenvalue weighted by Gasteiger charge is 2.31. The zero-order valence-corrected chi connectivity index (χ0v) is 23.0. The normalized spacial score (nSPS) is 18.8. The van der Waals surface area contributed by atoms with Crippen molar-refractivity contribution in [1.82, 2.24) is 20.3 Å². The van der Waals surface area contributed by atoms with Crippen LogP contribution in [0.2, 0.25) is 0 Å². The van der Waals surface area contributed by atoms with Gasteiger partial charge in [0.25, 0.3) is 0 Å². The molecule has 1 heterocycles. The van der Waals surface area contributed by atoms with Crippen LogP contribution in [0.15, 0.2) is 4.99 Å². The van der Waals surface area contributed by atoms with Crippen LogP contribution in [0.25, 0.3) is 0 Å². The zero-order chi connectivity index (χ0) is 22.8. The Bertz CT molecular complexity index is 667. The van der Waals surface area contributed by atoms with Gasteiger partial charge in [-0.25, -0.2) is 13.2 Å². The number of unbranched alkanes of at least 4 members (excludes halogenated alkanes) is 1. The fourth-order valence-electron chi connectivity index (χ4n) is 3.33. The van der Waals surface area contributed by atoms with Crippen LogP contribution in [-0.4, -0.2) is 74.9 Å². The number of aliphatic imine (C=N–C) groups is 1. The van der Waals surface area contributed by atoms with E-state index < -0.39 is 21.7 Å². The first kappa shape index (κ1) is 30.2. The summed E-state index contributed by atoms with van der Waals surface area (Å²) >= 11 is 0. The molecule has 9 nitrogen and oxygen atoms in total. The number of amides is 1. The molecule has 3 N–H and O–H groups in total. The molecule has 0 saturated carbocycles. The van der Waals surface area contributed by atoms with Gasteiger partial charge < -0.3 is 20.7 Å². The van der Waals surface area contributed by atoms with Crippen molar-refractivity contribution in [1.29, 1.82) is 0 Å². The number of halogens is 1. The number of nitrogens with zero attached hydrogens (tertiary/aromatic N) is 2. The number of carbonyl (C=O) groups excluding carboxylic acids is 1. The molecule has 1 aliphatic rings. The summed E-state index contributed by atoms with van der Waals surface area (Å²) in [4.78, 5) is 16.6. The Balaban J connectivity index is 0.00000900. The number of alkyl carbamates (subject to hydrolysis) is 1. The lowest BCUT2D eigenvalue weighted by atomic mass is 10.1. The minimum Gasteiger partial charge on any atom is -0.444 e. The van der Waals surface area contributed by atoms with Gasteiger partial charge >= 0.3 is 6.09 Å². The molecule has 184 valence electrons. The molecule has 0 aromatic heterocycles. The molecule has 0 aliphatic carbocycles. The van der Waals surface area contributed by atoms with E-state index in [4.69, 9.17) is 4.74 Å². The second kappa shape index (κ2) is 14.4. The van der Waals surface area contributed by atoms with Gasteiger partial charge in [-0.3, -0.25) is 4.99 Å². The van der Waals surface area contributed by atoms with E-state index in [0.29, 0.717) is 32.1 Å². The standard InChI is InChI=1S/C20H41N5O4S.HI/c1-7-9-11-16(14-23-19(26)29-20(3,4)5)24-18(21-8-2)22-15-17-12-10-13-25(17)30(6,27)28;/h16-17H,7-15H2,1-6H3,(H,23,26)(H2,21,22,24);1H/t16?,17-;/m1./s1. The van der Waals surface area contributed by atoms with Crippen molar-refractivity contribution in [3.8, 4) is 0 Å². The van der Waals surface area contributed by atoms with E-state index in [1.54, 1.807) is 4.31 Å². The lowest BCUT2D eigenvalue weighted by Gasteiger charge is -2.25. The van der Waals surface area contributed by atoms with Gasteiger partial charge in [0.15, 0.2) is 5.96 Å². The van der Waals surface area contributed by atoms with E-state index in [0.717, 1.165) is 32.1 Å². The van der Waals surface area contributed by atoms with Gasteiger partial charge in [-0.15, -0.1) is 24.0 Å². The van der Waals surface area contributed by atoms with Crippen LogP contribution < -0.4 is 16.0 Å². The largest absolute Gasteiger partial charge is 0.444 e. The second-order valence-electron chi connectivity index (χ2n) is 8.76. The molecular weight excluding hydrogens is 533 g/mol. The van der Waals surface area contributed by atoms with Gasteiger partial charge in [0.05, 0.1) is 12.8 Å². The monoisotopic (exact) mass is 575 g/mol. The molecule has 1 rings (SSSR count). The maximum absolute atomic E-state index is 12.0. The van der Waals surface area contributed by atoms with Crippen molar-refractivity contribution in [3.63, 3.8) is 0 Å². The Morgan fingerprint density at radius 2 is 1.94 bits per heavy atom. The predicted molar refractivity (Wildman–Crippen MR) is 137 cm³/mol. The van der Waals surface area contributed by atoms with Crippen LogP contribution in [0.3, 0.4) is 0 Å². The molecule has 1 fully saturated rings. The first-order chi connectivity index (χ1) is 14.0. The SMILES string of the molecule is CCCCC(CNC(=O)OC(C)(C)C)NC(=NC[C@H]1CCCN1S(C)(=O)=O)NCC.I.